The van der Waals surface area contributed by atoms with Crippen molar-refractivity contribution in [3.63, 3.8) is 0 Å². The fourth-order valence-electron chi connectivity index (χ4n) is 5.51. The van der Waals surface area contributed by atoms with Crippen LogP contribution in [0.1, 0.15) is 63.4 Å². The normalized spacial score (nSPS) is 30.0. The lowest BCUT2D eigenvalue weighted by atomic mass is 9.75. The van der Waals surface area contributed by atoms with E-state index in [1.54, 1.807) is 12.1 Å². The molecule has 1 aromatic carbocycles. The van der Waals surface area contributed by atoms with Gasteiger partial charge in [-0.1, -0.05) is 31.4 Å². The molecule has 0 spiro atoms. The molecule has 152 valence electrons. The van der Waals surface area contributed by atoms with Gasteiger partial charge in [-0.2, -0.15) is 0 Å². The Morgan fingerprint density at radius 3 is 2.61 bits per heavy atom. The maximum atomic E-state index is 13.2. The summed E-state index contributed by atoms with van der Waals surface area (Å²) in [6, 6.07) is 6.47. The van der Waals surface area contributed by atoms with Gasteiger partial charge in [0.2, 0.25) is 11.8 Å². The molecule has 3 aliphatic rings. The monoisotopic (exact) mass is 386 g/mol. The number of benzene rings is 1. The molecule has 2 aliphatic heterocycles. The Labute approximate surface area is 166 Å². The van der Waals surface area contributed by atoms with Gasteiger partial charge >= 0.3 is 0 Å². The van der Waals surface area contributed by atoms with E-state index in [0.717, 1.165) is 37.4 Å². The van der Waals surface area contributed by atoms with E-state index in [1.165, 1.54) is 37.8 Å². The first-order chi connectivity index (χ1) is 13.5. The van der Waals surface area contributed by atoms with Crippen LogP contribution in [-0.2, 0) is 16.0 Å². The number of likely N-dealkylation sites (tertiary alicyclic amines) is 1. The molecule has 3 fully saturated rings. The van der Waals surface area contributed by atoms with Gasteiger partial charge in [-0.05, 0) is 61.6 Å². The molecule has 5 heteroatoms. The first-order valence-electron chi connectivity index (χ1n) is 10.9. The molecule has 2 heterocycles. The summed E-state index contributed by atoms with van der Waals surface area (Å²) in [4.78, 5) is 26.9. The van der Waals surface area contributed by atoms with Crippen LogP contribution in [0.4, 0.5) is 4.39 Å². The third-order valence-corrected chi connectivity index (χ3v) is 7.15. The van der Waals surface area contributed by atoms with Gasteiger partial charge in [0.25, 0.3) is 0 Å². The van der Waals surface area contributed by atoms with Gasteiger partial charge in [0.15, 0.2) is 0 Å². The first-order valence-corrected chi connectivity index (χ1v) is 10.9. The van der Waals surface area contributed by atoms with Crippen molar-refractivity contribution in [2.24, 2.45) is 11.8 Å². The second-order valence-corrected chi connectivity index (χ2v) is 9.06. The van der Waals surface area contributed by atoms with Crippen LogP contribution >= 0.6 is 0 Å². The standard InChI is InChI=1S/C23H31FN2O2/c24-20-7-5-17(6-8-20)15-23(12-9-21(27)25-23)13-10-22(28)26-14-11-18-3-1-2-4-19(18)16-26/h5-8,18-19H,1-4,9-16H2,(H,25,27)/t18-,19-,23-/m0/s1. The van der Waals surface area contributed by atoms with Crippen molar-refractivity contribution >= 4 is 11.8 Å². The molecule has 28 heavy (non-hydrogen) atoms. The minimum Gasteiger partial charge on any atom is -0.350 e. The van der Waals surface area contributed by atoms with E-state index < -0.39 is 0 Å². The van der Waals surface area contributed by atoms with Crippen LogP contribution in [0.15, 0.2) is 24.3 Å². The van der Waals surface area contributed by atoms with E-state index in [2.05, 4.69) is 10.2 Å². The second kappa shape index (κ2) is 8.22. The van der Waals surface area contributed by atoms with Crippen molar-refractivity contribution < 1.29 is 14.0 Å². The van der Waals surface area contributed by atoms with E-state index in [9.17, 15) is 14.0 Å². The number of nitrogens with zero attached hydrogens (tertiary/aromatic N) is 1. The number of carbonyl (C=O) groups excluding carboxylic acids is 2. The second-order valence-electron chi connectivity index (χ2n) is 9.06. The molecule has 1 saturated carbocycles. The molecule has 0 radical (unpaired) electrons. The van der Waals surface area contributed by atoms with E-state index in [0.29, 0.717) is 31.6 Å². The van der Waals surface area contributed by atoms with Gasteiger partial charge in [-0.3, -0.25) is 9.59 Å². The van der Waals surface area contributed by atoms with E-state index in [1.807, 2.05) is 0 Å². The van der Waals surface area contributed by atoms with Crippen molar-refractivity contribution in [2.75, 3.05) is 13.1 Å². The number of hydrogen-bond acceptors (Lipinski definition) is 2. The predicted molar refractivity (Wildman–Crippen MR) is 106 cm³/mol. The number of fused-ring (bicyclic) bond motifs is 1. The van der Waals surface area contributed by atoms with Gasteiger partial charge in [-0.15, -0.1) is 0 Å². The summed E-state index contributed by atoms with van der Waals surface area (Å²) < 4.78 is 13.2. The molecule has 4 nitrogen and oxygen atoms in total. The highest BCUT2D eigenvalue weighted by Gasteiger charge is 2.39. The molecular formula is C23H31FN2O2. The van der Waals surface area contributed by atoms with E-state index in [-0.39, 0.29) is 23.2 Å². The van der Waals surface area contributed by atoms with Crippen molar-refractivity contribution in [3.8, 4) is 0 Å². The van der Waals surface area contributed by atoms with Gasteiger partial charge in [0.1, 0.15) is 5.82 Å². The number of carbonyl (C=O) groups is 2. The summed E-state index contributed by atoms with van der Waals surface area (Å²) in [6.07, 6.45) is 9.41. The Morgan fingerprint density at radius 2 is 1.89 bits per heavy atom. The minimum absolute atomic E-state index is 0.0533. The Kier molecular flexibility index (Phi) is 5.70. The number of nitrogens with one attached hydrogen (secondary N) is 1. The van der Waals surface area contributed by atoms with Crippen molar-refractivity contribution in [1.82, 2.24) is 10.2 Å². The predicted octanol–water partition coefficient (Wildman–Crippen LogP) is 3.84. The zero-order chi connectivity index (χ0) is 19.6. The van der Waals surface area contributed by atoms with Crippen LogP contribution in [0.25, 0.3) is 0 Å². The number of hydrogen-bond donors (Lipinski definition) is 1. The average molecular weight is 387 g/mol. The zero-order valence-corrected chi connectivity index (χ0v) is 16.6. The molecule has 1 aromatic rings. The number of amides is 2. The fraction of sp³-hybridized carbons (Fsp3) is 0.652. The maximum Gasteiger partial charge on any atom is 0.222 e. The van der Waals surface area contributed by atoms with Crippen LogP contribution in [-0.4, -0.2) is 35.3 Å². The molecule has 0 aromatic heterocycles. The van der Waals surface area contributed by atoms with Gasteiger partial charge < -0.3 is 10.2 Å². The highest BCUT2D eigenvalue weighted by molar-refractivity contribution is 5.80. The van der Waals surface area contributed by atoms with Crippen LogP contribution < -0.4 is 5.32 Å². The number of rotatable bonds is 5. The third-order valence-electron chi connectivity index (χ3n) is 7.15. The topological polar surface area (TPSA) is 49.4 Å². The van der Waals surface area contributed by atoms with Crippen molar-refractivity contribution in [2.45, 2.75) is 69.7 Å². The fourth-order valence-corrected chi connectivity index (χ4v) is 5.51. The van der Waals surface area contributed by atoms with Crippen LogP contribution in [0, 0.1) is 17.7 Å². The summed E-state index contributed by atoms with van der Waals surface area (Å²) in [7, 11) is 0. The molecule has 2 saturated heterocycles. The summed E-state index contributed by atoms with van der Waals surface area (Å²) in [5.74, 6) is 1.53. The van der Waals surface area contributed by atoms with Crippen LogP contribution in [0.3, 0.4) is 0 Å². The van der Waals surface area contributed by atoms with Crippen LogP contribution in [0.2, 0.25) is 0 Å². The molecule has 2 amide bonds. The van der Waals surface area contributed by atoms with Crippen molar-refractivity contribution in [3.05, 3.63) is 35.6 Å². The summed E-state index contributed by atoms with van der Waals surface area (Å²) in [5, 5.41) is 3.13. The van der Waals surface area contributed by atoms with Gasteiger partial charge in [0, 0.05) is 31.5 Å². The lowest BCUT2D eigenvalue weighted by Crippen LogP contribution is -2.47. The quantitative estimate of drug-likeness (QED) is 0.836. The molecular weight excluding hydrogens is 355 g/mol. The lowest BCUT2D eigenvalue weighted by molar-refractivity contribution is -0.135. The van der Waals surface area contributed by atoms with Gasteiger partial charge in [-0.25, -0.2) is 4.39 Å². The minimum atomic E-state index is -0.381. The summed E-state index contributed by atoms with van der Waals surface area (Å²) in [5.41, 5.74) is 0.618. The smallest absolute Gasteiger partial charge is 0.222 e. The summed E-state index contributed by atoms with van der Waals surface area (Å²) in [6.45, 7) is 1.80. The molecule has 1 aliphatic carbocycles. The van der Waals surface area contributed by atoms with E-state index >= 15 is 0 Å². The molecule has 0 unspecified atom stereocenters. The largest absolute Gasteiger partial charge is 0.350 e. The lowest BCUT2D eigenvalue weighted by Gasteiger charge is -2.41. The van der Waals surface area contributed by atoms with Gasteiger partial charge in [0.05, 0.1) is 0 Å². The zero-order valence-electron chi connectivity index (χ0n) is 16.6. The molecule has 3 atom stereocenters. The summed E-state index contributed by atoms with van der Waals surface area (Å²) >= 11 is 0. The molecule has 4 rings (SSSR count). The molecule has 1 N–H and O–H groups in total. The molecule has 0 bridgehead atoms. The van der Waals surface area contributed by atoms with Crippen molar-refractivity contribution in [1.29, 1.82) is 0 Å². The SMILES string of the molecule is O=C1CC[C@](CCC(=O)N2CC[C@@H]3CCCC[C@H]3C2)(Cc2ccc(F)cc2)N1. The Morgan fingerprint density at radius 1 is 1.14 bits per heavy atom. The number of halogens is 1. The third kappa shape index (κ3) is 4.39. The maximum absolute atomic E-state index is 13.2. The average Bonchev–Trinajstić information content (AvgIpc) is 3.08. The first kappa shape index (κ1) is 19.4. The Bertz CT molecular complexity index is 720. The van der Waals surface area contributed by atoms with E-state index in [4.69, 9.17) is 0 Å². The van der Waals surface area contributed by atoms with Crippen LogP contribution in [0.5, 0.6) is 0 Å². The Hall–Kier alpha value is -1.91. The number of piperidine rings is 1. The highest BCUT2D eigenvalue weighted by Crippen LogP contribution is 2.36. The highest BCUT2D eigenvalue weighted by atomic mass is 19.1. The Balaban J connectivity index is 1.37.